The summed E-state index contributed by atoms with van der Waals surface area (Å²) in [7, 11) is 1.34. The summed E-state index contributed by atoms with van der Waals surface area (Å²) in [4.78, 5) is 28.7. The molecule has 2 aromatic carbocycles. The number of carbonyl (C=O) groups is 1. The summed E-state index contributed by atoms with van der Waals surface area (Å²) in [6.45, 7) is 2.03. The number of thiazole rings is 1. The van der Waals surface area contributed by atoms with E-state index in [1.165, 1.54) is 36.6 Å². The van der Waals surface area contributed by atoms with Crippen molar-refractivity contribution in [2.45, 2.75) is 13.3 Å². The smallest absolute Gasteiger partial charge is 0.311 e. The lowest BCUT2D eigenvalue weighted by atomic mass is 10.1. The number of nitro benzene ring substituents is 1. The number of aromatic nitrogens is 1. The summed E-state index contributed by atoms with van der Waals surface area (Å²) in [6, 6.07) is 13.8. The summed E-state index contributed by atoms with van der Waals surface area (Å²) in [5.74, 6) is -0.359. The number of amides is 1. The summed E-state index contributed by atoms with van der Waals surface area (Å²) in [6.07, 6.45) is 0.784. The number of rotatable bonds is 6. The predicted octanol–water partition coefficient (Wildman–Crippen LogP) is 4.54. The number of benzene rings is 2. The first-order valence-electron chi connectivity index (χ1n) is 8.22. The summed E-state index contributed by atoms with van der Waals surface area (Å²) >= 11 is 1.39. The molecule has 1 aromatic heterocycles. The molecule has 0 spiro atoms. The molecule has 0 aliphatic heterocycles. The molecule has 0 bridgehead atoms. The average molecular weight is 383 g/mol. The number of aryl methyl sites for hydroxylation is 1. The highest BCUT2D eigenvalue weighted by molar-refractivity contribution is 7.16. The second-order valence-electron chi connectivity index (χ2n) is 5.61. The number of nitro groups is 1. The molecule has 27 heavy (non-hydrogen) atoms. The van der Waals surface area contributed by atoms with Gasteiger partial charge in [-0.15, -0.1) is 11.3 Å². The number of ether oxygens (including phenoxy) is 1. The number of nitrogens with zero attached hydrogens (tertiary/aromatic N) is 2. The van der Waals surface area contributed by atoms with E-state index in [9.17, 15) is 14.9 Å². The van der Waals surface area contributed by atoms with Gasteiger partial charge in [-0.1, -0.05) is 37.3 Å². The van der Waals surface area contributed by atoms with Crippen LogP contribution in [0.3, 0.4) is 0 Å². The lowest BCUT2D eigenvalue weighted by molar-refractivity contribution is -0.385. The van der Waals surface area contributed by atoms with Crippen molar-refractivity contribution in [1.82, 2.24) is 4.98 Å². The number of anilines is 1. The minimum absolute atomic E-state index is 0.102. The van der Waals surface area contributed by atoms with E-state index in [1.807, 2.05) is 37.3 Å². The Morgan fingerprint density at radius 3 is 2.63 bits per heavy atom. The first-order chi connectivity index (χ1) is 13.0. The highest BCUT2D eigenvalue weighted by Crippen LogP contribution is 2.32. The number of hydrogen-bond donors (Lipinski definition) is 1. The molecule has 138 valence electrons. The highest BCUT2D eigenvalue weighted by atomic mass is 32.1. The van der Waals surface area contributed by atoms with Crippen LogP contribution in [-0.4, -0.2) is 22.9 Å². The molecule has 0 radical (unpaired) electrons. The van der Waals surface area contributed by atoms with Crippen LogP contribution in [0.15, 0.2) is 48.5 Å². The van der Waals surface area contributed by atoms with Gasteiger partial charge in [-0.05, 0) is 18.6 Å². The highest BCUT2D eigenvalue weighted by Gasteiger charge is 2.19. The third-order valence-electron chi connectivity index (χ3n) is 3.92. The summed E-state index contributed by atoms with van der Waals surface area (Å²) < 4.78 is 4.96. The molecule has 7 nitrogen and oxygen atoms in total. The van der Waals surface area contributed by atoms with Crippen molar-refractivity contribution >= 4 is 28.1 Å². The topological polar surface area (TPSA) is 94.4 Å². The Morgan fingerprint density at radius 2 is 2.00 bits per heavy atom. The van der Waals surface area contributed by atoms with E-state index >= 15 is 0 Å². The SMILES string of the molecule is CCc1sc(NC(=O)c2ccc(OC)c([N+](=O)[O-])c2)nc1-c1ccccc1. The zero-order chi connectivity index (χ0) is 19.4. The first kappa shape index (κ1) is 18.5. The van der Waals surface area contributed by atoms with Crippen LogP contribution < -0.4 is 10.1 Å². The molecule has 3 aromatic rings. The largest absolute Gasteiger partial charge is 0.490 e. The fourth-order valence-corrected chi connectivity index (χ4v) is 3.53. The van der Waals surface area contributed by atoms with Gasteiger partial charge in [-0.2, -0.15) is 0 Å². The number of nitrogens with one attached hydrogen (secondary N) is 1. The van der Waals surface area contributed by atoms with E-state index in [0.29, 0.717) is 5.13 Å². The van der Waals surface area contributed by atoms with Crippen molar-refractivity contribution in [1.29, 1.82) is 0 Å². The molecule has 0 unspecified atom stereocenters. The molecule has 1 N–H and O–H groups in total. The quantitative estimate of drug-likeness (QED) is 0.498. The number of methoxy groups -OCH3 is 1. The van der Waals surface area contributed by atoms with Gasteiger partial charge in [0.1, 0.15) is 0 Å². The van der Waals surface area contributed by atoms with E-state index in [0.717, 1.165) is 22.6 Å². The molecule has 0 saturated heterocycles. The van der Waals surface area contributed by atoms with Crippen molar-refractivity contribution in [2.24, 2.45) is 0 Å². The maximum absolute atomic E-state index is 12.5. The average Bonchev–Trinajstić information content (AvgIpc) is 3.10. The summed E-state index contributed by atoms with van der Waals surface area (Å²) in [5, 5.41) is 14.3. The van der Waals surface area contributed by atoms with Gasteiger partial charge in [0.15, 0.2) is 10.9 Å². The maximum Gasteiger partial charge on any atom is 0.311 e. The lowest BCUT2D eigenvalue weighted by Gasteiger charge is -2.05. The number of hydrogen-bond acceptors (Lipinski definition) is 6. The standard InChI is InChI=1S/C19H17N3O4S/c1-3-16-17(12-7-5-4-6-8-12)20-19(27-16)21-18(23)13-9-10-15(26-2)14(11-13)22(24)25/h4-11H,3H2,1-2H3,(H,20,21,23). The van der Waals surface area contributed by atoms with Crippen LogP contribution in [0.25, 0.3) is 11.3 Å². The third kappa shape index (κ3) is 3.95. The molecule has 0 atom stereocenters. The van der Waals surface area contributed by atoms with Gasteiger partial charge < -0.3 is 4.74 Å². The second kappa shape index (κ2) is 7.96. The van der Waals surface area contributed by atoms with Gasteiger partial charge in [-0.25, -0.2) is 4.98 Å². The van der Waals surface area contributed by atoms with E-state index in [1.54, 1.807) is 0 Å². The Hall–Kier alpha value is -3.26. The van der Waals surface area contributed by atoms with Crippen LogP contribution >= 0.6 is 11.3 Å². The molecule has 8 heteroatoms. The zero-order valence-electron chi connectivity index (χ0n) is 14.8. The second-order valence-corrected chi connectivity index (χ2v) is 6.69. The van der Waals surface area contributed by atoms with Gasteiger partial charge in [0.2, 0.25) is 0 Å². The van der Waals surface area contributed by atoms with E-state index in [-0.39, 0.29) is 17.0 Å². The van der Waals surface area contributed by atoms with Gasteiger partial charge in [0.05, 0.1) is 17.7 Å². The Kier molecular flexibility index (Phi) is 5.46. The normalized spacial score (nSPS) is 10.4. The van der Waals surface area contributed by atoms with Gasteiger partial charge in [0.25, 0.3) is 5.91 Å². The van der Waals surface area contributed by atoms with Gasteiger partial charge >= 0.3 is 5.69 Å². The lowest BCUT2D eigenvalue weighted by Crippen LogP contribution is -2.12. The van der Waals surface area contributed by atoms with Gasteiger partial charge in [-0.3, -0.25) is 20.2 Å². The monoisotopic (exact) mass is 383 g/mol. The molecular weight excluding hydrogens is 366 g/mol. The Morgan fingerprint density at radius 1 is 1.26 bits per heavy atom. The molecule has 0 aliphatic carbocycles. The van der Waals surface area contributed by atoms with Crippen molar-refractivity contribution in [3.05, 3.63) is 69.1 Å². The minimum Gasteiger partial charge on any atom is -0.490 e. The Bertz CT molecular complexity index is 986. The number of carbonyl (C=O) groups excluding carboxylic acids is 1. The Balaban J connectivity index is 1.88. The molecule has 0 saturated carbocycles. The predicted molar refractivity (Wildman–Crippen MR) is 105 cm³/mol. The molecule has 0 fully saturated rings. The van der Waals surface area contributed by atoms with Crippen LogP contribution in [0.2, 0.25) is 0 Å². The molecular formula is C19H17N3O4S. The van der Waals surface area contributed by atoms with Crippen LogP contribution in [0.1, 0.15) is 22.2 Å². The Labute approximate surface area is 159 Å². The fraction of sp³-hybridized carbons (Fsp3) is 0.158. The molecule has 0 aliphatic rings. The van der Waals surface area contributed by atoms with Crippen molar-refractivity contribution in [3.63, 3.8) is 0 Å². The van der Waals surface area contributed by atoms with Crippen molar-refractivity contribution < 1.29 is 14.5 Å². The van der Waals surface area contributed by atoms with Crippen LogP contribution in [0, 0.1) is 10.1 Å². The molecule has 3 rings (SSSR count). The first-order valence-corrected chi connectivity index (χ1v) is 9.04. The van der Waals surface area contributed by atoms with Crippen molar-refractivity contribution in [2.75, 3.05) is 12.4 Å². The summed E-state index contributed by atoms with van der Waals surface area (Å²) in [5.41, 5.74) is 1.71. The zero-order valence-corrected chi connectivity index (χ0v) is 15.6. The van der Waals surface area contributed by atoms with Crippen molar-refractivity contribution in [3.8, 4) is 17.0 Å². The van der Waals surface area contributed by atoms with E-state index in [4.69, 9.17) is 4.74 Å². The van der Waals surface area contributed by atoms with E-state index in [2.05, 4.69) is 10.3 Å². The van der Waals surface area contributed by atoms with E-state index < -0.39 is 10.8 Å². The van der Waals surface area contributed by atoms with Crippen LogP contribution in [0.5, 0.6) is 5.75 Å². The van der Waals surface area contributed by atoms with Crippen LogP contribution in [0.4, 0.5) is 10.8 Å². The fourth-order valence-electron chi connectivity index (χ4n) is 2.61. The molecule has 1 heterocycles. The van der Waals surface area contributed by atoms with Crippen LogP contribution in [-0.2, 0) is 6.42 Å². The third-order valence-corrected chi connectivity index (χ3v) is 5.04. The maximum atomic E-state index is 12.5. The molecule has 1 amide bonds. The van der Waals surface area contributed by atoms with Gasteiger partial charge in [0, 0.05) is 22.1 Å². The minimum atomic E-state index is -0.582.